The molecule has 7 nitrogen and oxygen atoms in total. The molecule has 2 amide bonds. The standard InChI is InChI=1S/C20H37N3O4S/c1-4-15-28(26,27)23-14-10-11-17(16-23)18(24)21-20(12-8-7-9-13-20)19(25)22(5-2)6-3/h17H,4-16H2,1-3H3,(H,21,24). The number of rotatable bonds is 8. The average Bonchev–Trinajstić information content (AvgIpc) is 2.69. The summed E-state index contributed by atoms with van der Waals surface area (Å²) in [4.78, 5) is 28.1. The Morgan fingerprint density at radius 2 is 1.71 bits per heavy atom. The lowest BCUT2D eigenvalue weighted by Gasteiger charge is -2.41. The molecule has 0 radical (unpaired) electrons. The van der Waals surface area contributed by atoms with Gasteiger partial charge in [0.05, 0.1) is 11.7 Å². The van der Waals surface area contributed by atoms with E-state index < -0.39 is 15.6 Å². The Labute approximate surface area is 170 Å². The number of piperidine rings is 1. The van der Waals surface area contributed by atoms with Crippen LogP contribution in [0.3, 0.4) is 0 Å². The van der Waals surface area contributed by atoms with Gasteiger partial charge in [-0.2, -0.15) is 0 Å². The summed E-state index contributed by atoms with van der Waals surface area (Å²) in [6.07, 6.45) is 6.17. The second kappa shape index (κ2) is 10.1. The van der Waals surface area contributed by atoms with E-state index in [1.807, 2.05) is 20.8 Å². The molecule has 1 atom stereocenters. The summed E-state index contributed by atoms with van der Waals surface area (Å²) in [5, 5.41) is 3.10. The summed E-state index contributed by atoms with van der Waals surface area (Å²) in [7, 11) is -3.31. The largest absolute Gasteiger partial charge is 0.341 e. The van der Waals surface area contributed by atoms with Crippen molar-refractivity contribution < 1.29 is 18.0 Å². The second-order valence-electron chi connectivity index (χ2n) is 8.12. The van der Waals surface area contributed by atoms with Crippen molar-refractivity contribution in [2.24, 2.45) is 5.92 Å². The Morgan fingerprint density at radius 1 is 1.07 bits per heavy atom. The van der Waals surface area contributed by atoms with Gasteiger partial charge in [-0.05, 0) is 46.0 Å². The van der Waals surface area contributed by atoms with Crippen molar-refractivity contribution in [3.63, 3.8) is 0 Å². The fraction of sp³-hybridized carbons (Fsp3) is 0.900. The number of sulfonamides is 1. The van der Waals surface area contributed by atoms with Gasteiger partial charge < -0.3 is 10.2 Å². The maximum Gasteiger partial charge on any atom is 0.248 e. The van der Waals surface area contributed by atoms with Crippen LogP contribution in [-0.4, -0.2) is 66.9 Å². The van der Waals surface area contributed by atoms with Crippen LogP contribution in [0.1, 0.15) is 72.1 Å². The second-order valence-corrected chi connectivity index (χ2v) is 10.2. The minimum Gasteiger partial charge on any atom is -0.341 e. The van der Waals surface area contributed by atoms with Crippen molar-refractivity contribution in [2.45, 2.75) is 77.7 Å². The van der Waals surface area contributed by atoms with E-state index >= 15 is 0 Å². The van der Waals surface area contributed by atoms with Gasteiger partial charge in [0.25, 0.3) is 0 Å². The van der Waals surface area contributed by atoms with Crippen LogP contribution in [0, 0.1) is 5.92 Å². The fourth-order valence-corrected chi connectivity index (χ4v) is 6.08. The Bertz CT molecular complexity index is 640. The first-order valence-corrected chi connectivity index (χ1v) is 12.5. The molecule has 1 saturated carbocycles. The van der Waals surface area contributed by atoms with Gasteiger partial charge in [-0.15, -0.1) is 0 Å². The van der Waals surface area contributed by atoms with Crippen LogP contribution in [0.25, 0.3) is 0 Å². The molecule has 0 aromatic rings. The van der Waals surface area contributed by atoms with E-state index in [1.54, 1.807) is 4.90 Å². The van der Waals surface area contributed by atoms with E-state index in [0.29, 0.717) is 51.7 Å². The summed E-state index contributed by atoms with van der Waals surface area (Å²) >= 11 is 0. The quantitative estimate of drug-likeness (QED) is 0.658. The lowest BCUT2D eigenvalue weighted by Crippen LogP contribution is -2.62. The predicted octanol–water partition coefficient (Wildman–Crippen LogP) is 2.13. The molecule has 162 valence electrons. The van der Waals surface area contributed by atoms with Gasteiger partial charge in [0.2, 0.25) is 21.8 Å². The van der Waals surface area contributed by atoms with Crippen LogP contribution in [0.4, 0.5) is 0 Å². The molecule has 0 aromatic carbocycles. The van der Waals surface area contributed by atoms with Crippen LogP contribution >= 0.6 is 0 Å². The van der Waals surface area contributed by atoms with Crippen molar-refractivity contribution >= 4 is 21.8 Å². The number of carbonyl (C=O) groups is 2. The number of carbonyl (C=O) groups excluding carboxylic acids is 2. The lowest BCUT2D eigenvalue weighted by atomic mass is 9.79. The van der Waals surface area contributed by atoms with Gasteiger partial charge in [-0.25, -0.2) is 12.7 Å². The maximum atomic E-state index is 13.2. The zero-order valence-electron chi connectivity index (χ0n) is 17.7. The average molecular weight is 416 g/mol. The maximum absolute atomic E-state index is 13.2. The van der Waals surface area contributed by atoms with Crippen LogP contribution in [0.2, 0.25) is 0 Å². The highest BCUT2D eigenvalue weighted by molar-refractivity contribution is 7.89. The topological polar surface area (TPSA) is 86.8 Å². The Balaban J connectivity index is 2.13. The molecule has 1 saturated heterocycles. The lowest BCUT2D eigenvalue weighted by molar-refractivity contribution is -0.144. The molecule has 2 aliphatic rings. The minimum absolute atomic E-state index is 0.0109. The molecule has 1 aliphatic carbocycles. The SMILES string of the molecule is CCCS(=O)(=O)N1CCCC(C(=O)NC2(C(=O)N(CC)CC)CCCCC2)C1. The van der Waals surface area contributed by atoms with Gasteiger partial charge >= 0.3 is 0 Å². The van der Waals surface area contributed by atoms with Crippen molar-refractivity contribution in [3.8, 4) is 0 Å². The molecule has 2 rings (SSSR count). The van der Waals surface area contributed by atoms with E-state index in [4.69, 9.17) is 0 Å². The van der Waals surface area contributed by atoms with Crippen molar-refractivity contribution in [2.75, 3.05) is 31.9 Å². The molecule has 0 bridgehead atoms. The third-order valence-electron chi connectivity index (χ3n) is 6.14. The van der Waals surface area contributed by atoms with Crippen LogP contribution in [-0.2, 0) is 19.6 Å². The summed E-state index contributed by atoms with van der Waals surface area (Å²) in [6, 6.07) is 0. The third-order valence-corrected chi connectivity index (χ3v) is 8.18. The van der Waals surface area contributed by atoms with Crippen molar-refractivity contribution in [3.05, 3.63) is 0 Å². The first kappa shape index (κ1) is 23.1. The Hall–Kier alpha value is -1.15. The van der Waals surface area contributed by atoms with Crippen LogP contribution in [0.15, 0.2) is 0 Å². The zero-order valence-corrected chi connectivity index (χ0v) is 18.5. The van der Waals surface area contributed by atoms with Gasteiger partial charge in [-0.1, -0.05) is 26.2 Å². The molecule has 8 heteroatoms. The molecule has 0 aromatic heterocycles. The zero-order chi connectivity index (χ0) is 20.8. The molecular formula is C20H37N3O4S. The normalized spacial score (nSPS) is 23.2. The molecule has 0 spiro atoms. The van der Waals surface area contributed by atoms with Crippen LogP contribution < -0.4 is 5.32 Å². The number of nitrogens with one attached hydrogen (secondary N) is 1. The van der Waals surface area contributed by atoms with E-state index in [2.05, 4.69) is 5.32 Å². The van der Waals surface area contributed by atoms with E-state index in [9.17, 15) is 18.0 Å². The van der Waals surface area contributed by atoms with Crippen molar-refractivity contribution in [1.29, 1.82) is 0 Å². The number of amides is 2. The van der Waals surface area contributed by atoms with E-state index in [1.165, 1.54) is 4.31 Å². The first-order valence-electron chi connectivity index (χ1n) is 10.9. The summed E-state index contributed by atoms with van der Waals surface area (Å²) in [5.41, 5.74) is -0.827. The minimum atomic E-state index is -3.31. The monoisotopic (exact) mass is 415 g/mol. The molecule has 28 heavy (non-hydrogen) atoms. The highest BCUT2D eigenvalue weighted by Crippen LogP contribution is 2.31. The molecule has 1 aliphatic heterocycles. The fourth-order valence-electron chi connectivity index (χ4n) is 4.50. The van der Waals surface area contributed by atoms with Gasteiger partial charge in [0.15, 0.2) is 0 Å². The number of hydrogen-bond acceptors (Lipinski definition) is 4. The van der Waals surface area contributed by atoms with Crippen LogP contribution in [0.5, 0.6) is 0 Å². The van der Waals surface area contributed by atoms with E-state index in [-0.39, 0.29) is 30.0 Å². The highest BCUT2D eigenvalue weighted by Gasteiger charge is 2.44. The summed E-state index contributed by atoms with van der Waals surface area (Å²) in [5.74, 6) is -0.426. The van der Waals surface area contributed by atoms with Gasteiger partial charge in [0, 0.05) is 26.2 Å². The number of hydrogen-bond donors (Lipinski definition) is 1. The molecule has 1 unspecified atom stereocenters. The smallest absolute Gasteiger partial charge is 0.248 e. The summed E-state index contributed by atoms with van der Waals surface area (Å²) < 4.78 is 26.3. The molecule has 1 heterocycles. The van der Waals surface area contributed by atoms with Gasteiger partial charge in [0.1, 0.15) is 5.54 Å². The predicted molar refractivity (Wildman–Crippen MR) is 110 cm³/mol. The number of likely N-dealkylation sites (N-methyl/N-ethyl adjacent to an activating group) is 1. The summed E-state index contributed by atoms with van der Waals surface area (Å²) in [6.45, 7) is 7.71. The van der Waals surface area contributed by atoms with E-state index in [0.717, 1.165) is 19.3 Å². The van der Waals surface area contributed by atoms with Crippen molar-refractivity contribution in [1.82, 2.24) is 14.5 Å². The molecule has 2 fully saturated rings. The number of nitrogens with zero attached hydrogens (tertiary/aromatic N) is 2. The molecular weight excluding hydrogens is 378 g/mol. The Morgan fingerprint density at radius 3 is 2.29 bits per heavy atom. The highest BCUT2D eigenvalue weighted by atomic mass is 32.2. The van der Waals surface area contributed by atoms with Gasteiger partial charge in [-0.3, -0.25) is 9.59 Å². The molecule has 1 N–H and O–H groups in total. The first-order chi connectivity index (χ1) is 13.3. The third kappa shape index (κ3) is 5.26. The Kier molecular flexibility index (Phi) is 8.30.